The van der Waals surface area contributed by atoms with Crippen molar-refractivity contribution in [1.82, 2.24) is 15.1 Å². The number of methoxy groups -OCH3 is 1. The molecule has 5 nitrogen and oxygen atoms in total. The van der Waals surface area contributed by atoms with Gasteiger partial charge in [-0.1, -0.05) is 29.8 Å². The molecule has 5 heteroatoms. The highest BCUT2D eigenvalue weighted by atomic mass is 16.5. The molecule has 3 rings (SSSR count). The lowest BCUT2D eigenvalue weighted by Crippen LogP contribution is -2.47. The molecule has 0 spiro atoms. The summed E-state index contributed by atoms with van der Waals surface area (Å²) in [5.41, 5.74) is 3.14. The number of piperidine rings is 1. The number of nitrogens with zero attached hydrogens (tertiary/aromatic N) is 3. The molecule has 0 N–H and O–H groups in total. The van der Waals surface area contributed by atoms with Crippen molar-refractivity contribution in [1.29, 1.82) is 0 Å². The number of carbonyl (C=O) groups excluding carboxylic acids is 1. The SMILES string of the molecule is CO[C@H]1CCN(C(=O)c2ccnnc2)C[C@H]1Cc1cccc(C)c1. The molecule has 2 atom stereocenters. The van der Waals surface area contributed by atoms with Crippen LogP contribution in [-0.2, 0) is 11.2 Å². The van der Waals surface area contributed by atoms with Crippen molar-refractivity contribution < 1.29 is 9.53 Å². The van der Waals surface area contributed by atoms with E-state index in [2.05, 4.69) is 41.4 Å². The van der Waals surface area contributed by atoms with Crippen LogP contribution in [0.2, 0.25) is 0 Å². The van der Waals surface area contributed by atoms with E-state index in [-0.39, 0.29) is 12.0 Å². The lowest BCUT2D eigenvalue weighted by Gasteiger charge is -2.38. The number of hydrogen-bond donors (Lipinski definition) is 0. The predicted molar refractivity (Wildman–Crippen MR) is 91.7 cm³/mol. The second-order valence-electron chi connectivity index (χ2n) is 6.40. The maximum atomic E-state index is 12.7. The first kappa shape index (κ1) is 16.6. The minimum atomic E-state index is 0.0219. The zero-order valence-electron chi connectivity index (χ0n) is 14.2. The van der Waals surface area contributed by atoms with Crippen molar-refractivity contribution in [2.75, 3.05) is 20.2 Å². The van der Waals surface area contributed by atoms with Crippen LogP contribution in [0.4, 0.5) is 0 Å². The van der Waals surface area contributed by atoms with Crippen molar-refractivity contribution in [3.05, 3.63) is 59.4 Å². The first-order chi connectivity index (χ1) is 11.7. The number of aryl methyl sites for hydroxylation is 1. The van der Waals surface area contributed by atoms with Crippen LogP contribution >= 0.6 is 0 Å². The highest BCUT2D eigenvalue weighted by Crippen LogP contribution is 2.25. The van der Waals surface area contributed by atoms with Gasteiger partial charge in [0.15, 0.2) is 0 Å². The van der Waals surface area contributed by atoms with E-state index in [1.54, 1.807) is 19.4 Å². The van der Waals surface area contributed by atoms with Crippen LogP contribution < -0.4 is 0 Å². The Labute approximate surface area is 142 Å². The Bertz CT molecular complexity index is 690. The van der Waals surface area contributed by atoms with Crippen LogP contribution in [0, 0.1) is 12.8 Å². The number of amides is 1. The summed E-state index contributed by atoms with van der Waals surface area (Å²) in [6.45, 7) is 3.52. The second kappa shape index (κ2) is 7.53. The molecule has 2 aromatic rings. The van der Waals surface area contributed by atoms with E-state index in [9.17, 15) is 4.79 Å². The fourth-order valence-corrected chi connectivity index (χ4v) is 3.44. The number of rotatable bonds is 4. The average Bonchev–Trinajstić information content (AvgIpc) is 2.62. The zero-order chi connectivity index (χ0) is 16.9. The molecule has 1 aromatic heterocycles. The second-order valence-corrected chi connectivity index (χ2v) is 6.40. The molecule has 0 aliphatic carbocycles. The van der Waals surface area contributed by atoms with Crippen LogP contribution in [0.15, 0.2) is 42.7 Å². The Balaban J connectivity index is 1.73. The Morgan fingerprint density at radius 3 is 2.92 bits per heavy atom. The molecule has 1 aromatic carbocycles. The minimum Gasteiger partial charge on any atom is -0.381 e. The summed E-state index contributed by atoms with van der Waals surface area (Å²) < 4.78 is 5.68. The molecule has 1 fully saturated rings. The normalized spacial score (nSPS) is 20.8. The number of carbonyl (C=O) groups is 1. The standard InChI is InChI=1S/C19H23N3O2/c1-14-4-3-5-15(10-14)11-17-13-22(9-7-18(17)24-2)19(23)16-6-8-20-21-12-16/h3-6,8,10,12,17-18H,7,9,11,13H2,1-2H3/t17-,18+/m1/s1. The minimum absolute atomic E-state index is 0.0219. The first-order valence-electron chi connectivity index (χ1n) is 8.31. The molecule has 1 aliphatic heterocycles. The van der Waals surface area contributed by atoms with E-state index in [1.807, 2.05) is 4.90 Å². The van der Waals surface area contributed by atoms with Crippen LogP contribution in [0.3, 0.4) is 0 Å². The van der Waals surface area contributed by atoms with Gasteiger partial charge in [0, 0.05) is 26.1 Å². The Morgan fingerprint density at radius 1 is 1.33 bits per heavy atom. The lowest BCUT2D eigenvalue weighted by molar-refractivity contribution is -0.00301. The van der Waals surface area contributed by atoms with Gasteiger partial charge in [0.1, 0.15) is 0 Å². The predicted octanol–water partition coefficient (Wildman–Crippen LogP) is 2.50. The third-order valence-electron chi connectivity index (χ3n) is 4.67. The molecule has 0 unspecified atom stereocenters. The number of hydrogen-bond acceptors (Lipinski definition) is 4. The van der Waals surface area contributed by atoms with Gasteiger partial charge in [-0.15, -0.1) is 0 Å². The van der Waals surface area contributed by atoms with Crippen molar-refractivity contribution in [3.8, 4) is 0 Å². The highest BCUT2D eigenvalue weighted by molar-refractivity contribution is 5.93. The number of ether oxygens (including phenoxy) is 1. The molecule has 0 bridgehead atoms. The van der Waals surface area contributed by atoms with E-state index >= 15 is 0 Å². The maximum Gasteiger partial charge on any atom is 0.255 e. The van der Waals surface area contributed by atoms with Gasteiger partial charge in [-0.25, -0.2) is 0 Å². The van der Waals surface area contributed by atoms with Crippen molar-refractivity contribution in [3.63, 3.8) is 0 Å². The smallest absolute Gasteiger partial charge is 0.255 e. The van der Waals surface area contributed by atoms with Gasteiger partial charge < -0.3 is 9.64 Å². The Hall–Kier alpha value is -2.27. The summed E-state index contributed by atoms with van der Waals surface area (Å²) in [6, 6.07) is 10.3. The van der Waals surface area contributed by atoms with E-state index in [1.165, 1.54) is 17.3 Å². The lowest BCUT2D eigenvalue weighted by atomic mass is 9.88. The van der Waals surface area contributed by atoms with Gasteiger partial charge in [0.2, 0.25) is 0 Å². The summed E-state index contributed by atoms with van der Waals surface area (Å²) in [5, 5.41) is 7.54. The highest BCUT2D eigenvalue weighted by Gasteiger charge is 2.32. The summed E-state index contributed by atoms with van der Waals surface area (Å²) >= 11 is 0. The van der Waals surface area contributed by atoms with Gasteiger partial charge in [-0.3, -0.25) is 4.79 Å². The molecular weight excluding hydrogens is 302 g/mol. The van der Waals surface area contributed by atoms with E-state index < -0.39 is 0 Å². The van der Waals surface area contributed by atoms with Crippen molar-refractivity contribution >= 4 is 5.91 Å². The summed E-state index contributed by atoms with van der Waals surface area (Å²) in [5.74, 6) is 0.318. The van der Waals surface area contributed by atoms with Gasteiger partial charge >= 0.3 is 0 Å². The van der Waals surface area contributed by atoms with E-state index in [4.69, 9.17) is 4.74 Å². The average molecular weight is 325 g/mol. The summed E-state index contributed by atoms with van der Waals surface area (Å²) in [4.78, 5) is 14.6. The Morgan fingerprint density at radius 2 is 2.21 bits per heavy atom. The number of benzene rings is 1. The molecule has 24 heavy (non-hydrogen) atoms. The van der Waals surface area contributed by atoms with Crippen molar-refractivity contribution in [2.45, 2.75) is 25.9 Å². The molecule has 0 radical (unpaired) electrons. The fourth-order valence-electron chi connectivity index (χ4n) is 3.44. The third kappa shape index (κ3) is 3.79. The van der Waals surface area contributed by atoms with Crippen molar-refractivity contribution in [2.24, 2.45) is 5.92 Å². The van der Waals surface area contributed by atoms with Gasteiger partial charge in [0.25, 0.3) is 5.91 Å². The summed E-state index contributed by atoms with van der Waals surface area (Å²) in [6.07, 6.45) is 5.04. The van der Waals surface area contributed by atoms with Gasteiger partial charge in [-0.2, -0.15) is 10.2 Å². The van der Waals surface area contributed by atoms with E-state index in [0.29, 0.717) is 24.6 Å². The monoisotopic (exact) mass is 325 g/mol. The largest absolute Gasteiger partial charge is 0.381 e. The van der Waals surface area contributed by atoms with E-state index in [0.717, 1.165) is 12.8 Å². The van der Waals surface area contributed by atoms with Crippen LogP contribution in [0.1, 0.15) is 27.9 Å². The first-order valence-corrected chi connectivity index (χ1v) is 8.31. The molecule has 1 saturated heterocycles. The molecule has 2 heterocycles. The van der Waals surface area contributed by atoms with Gasteiger partial charge in [-0.05, 0) is 31.4 Å². The molecule has 126 valence electrons. The number of aromatic nitrogens is 2. The maximum absolute atomic E-state index is 12.7. The topological polar surface area (TPSA) is 55.3 Å². The molecule has 1 aliphatic rings. The van der Waals surface area contributed by atoms with Gasteiger partial charge in [0.05, 0.1) is 24.1 Å². The Kier molecular flexibility index (Phi) is 5.20. The molecule has 1 amide bonds. The molecule has 0 saturated carbocycles. The fraction of sp³-hybridized carbons (Fsp3) is 0.421. The number of likely N-dealkylation sites (tertiary alicyclic amines) is 1. The quantitative estimate of drug-likeness (QED) is 0.867. The summed E-state index contributed by atoms with van der Waals surface area (Å²) in [7, 11) is 1.76. The van der Waals surface area contributed by atoms with Crippen LogP contribution in [-0.4, -0.2) is 47.3 Å². The van der Waals surface area contributed by atoms with Crippen LogP contribution in [0.5, 0.6) is 0 Å². The third-order valence-corrected chi connectivity index (χ3v) is 4.67. The van der Waals surface area contributed by atoms with Crippen LogP contribution in [0.25, 0.3) is 0 Å². The zero-order valence-corrected chi connectivity index (χ0v) is 14.2. The molecular formula is C19H23N3O2.